The first-order valence-electron chi connectivity index (χ1n) is 3.45. The molecule has 6 heteroatoms. The number of carbonyl (C=O) groups is 1. The lowest BCUT2D eigenvalue weighted by Gasteiger charge is -2.07. The minimum Gasteiger partial charge on any atom is -0.434 e. The minimum absolute atomic E-state index is 0.142. The lowest BCUT2D eigenvalue weighted by Crippen LogP contribution is -2.05. The fraction of sp³-hybridized carbons (Fsp3) is 0.125. The molecule has 0 amide bonds. The monoisotopic (exact) mass is 240 g/mol. The molecule has 0 heterocycles. The van der Waals surface area contributed by atoms with Crippen molar-refractivity contribution in [3.05, 3.63) is 28.8 Å². The average molecular weight is 241 g/mol. The fourth-order valence-corrected chi connectivity index (χ4v) is 1.17. The van der Waals surface area contributed by atoms with Crippen LogP contribution in [0.15, 0.2) is 18.2 Å². The summed E-state index contributed by atoms with van der Waals surface area (Å²) in [4.78, 5) is 10.8. The largest absolute Gasteiger partial charge is 0.434 e. The van der Waals surface area contributed by atoms with E-state index in [2.05, 4.69) is 4.74 Å². The smallest absolute Gasteiger partial charge is 0.387 e. The van der Waals surface area contributed by atoms with Gasteiger partial charge in [0.25, 0.3) is 5.24 Å². The molecule has 0 aliphatic heterocycles. The van der Waals surface area contributed by atoms with Gasteiger partial charge in [-0.15, -0.1) is 0 Å². The summed E-state index contributed by atoms with van der Waals surface area (Å²) in [6.07, 6.45) is 0. The second kappa shape index (κ2) is 4.57. The van der Waals surface area contributed by atoms with Crippen LogP contribution in [0.2, 0.25) is 5.02 Å². The Kier molecular flexibility index (Phi) is 3.66. The highest BCUT2D eigenvalue weighted by Gasteiger charge is 2.14. The van der Waals surface area contributed by atoms with Gasteiger partial charge in [0.2, 0.25) is 0 Å². The van der Waals surface area contributed by atoms with E-state index >= 15 is 0 Å². The number of hydrogen-bond donors (Lipinski definition) is 0. The summed E-state index contributed by atoms with van der Waals surface area (Å²) in [5, 5.41) is -0.695. The third-order valence-electron chi connectivity index (χ3n) is 1.37. The zero-order chi connectivity index (χ0) is 10.7. The zero-order valence-electron chi connectivity index (χ0n) is 6.64. The van der Waals surface area contributed by atoms with Crippen molar-refractivity contribution in [2.45, 2.75) is 6.61 Å². The number of carbonyl (C=O) groups excluding carboxylic acids is 1. The van der Waals surface area contributed by atoms with Crippen LogP contribution in [-0.2, 0) is 0 Å². The summed E-state index contributed by atoms with van der Waals surface area (Å²) in [5.41, 5.74) is -0.142. The molecule has 0 aromatic heterocycles. The molecule has 0 bridgehead atoms. The van der Waals surface area contributed by atoms with Crippen LogP contribution in [0, 0.1) is 0 Å². The third kappa shape index (κ3) is 2.82. The van der Waals surface area contributed by atoms with Gasteiger partial charge in [0.1, 0.15) is 5.75 Å². The predicted molar refractivity (Wildman–Crippen MR) is 48.3 cm³/mol. The average Bonchev–Trinajstić information content (AvgIpc) is 2.01. The van der Waals surface area contributed by atoms with Crippen LogP contribution in [0.1, 0.15) is 10.4 Å². The highest BCUT2D eigenvalue weighted by molar-refractivity contribution is 6.68. The molecular formula is C8H4Cl2F2O2. The summed E-state index contributed by atoms with van der Waals surface area (Å²) in [6.45, 7) is -3.02. The van der Waals surface area contributed by atoms with E-state index in [0.717, 1.165) is 6.07 Å². The maximum absolute atomic E-state index is 11.9. The molecule has 76 valence electrons. The van der Waals surface area contributed by atoms with E-state index < -0.39 is 11.9 Å². The van der Waals surface area contributed by atoms with E-state index in [9.17, 15) is 13.6 Å². The second-order valence-corrected chi connectivity index (χ2v) is 3.07. The Morgan fingerprint density at radius 1 is 1.43 bits per heavy atom. The van der Waals surface area contributed by atoms with Gasteiger partial charge in [0.15, 0.2) is 0 Å². The zero-order valence-corrected chi connectivity index (χ0v) is 8.15. The maximum atomic E-state index is 11.9. The summed E-state index contributed by atoms with van der Waals surface area (Å²) in [5.74, 6) is -0.326. The van der Waals surface area contributed by atoms with Crippen LogP contribution >= 0.6 is 23.2 Å². The molecular weight excluding hydrogens is 237 g/mol. The van der Waals surface area contributed by atoms with Crippen LogP contribution in [0.3, 0.4) is 0 Å². The van der Waals surface area contributed by atoms with Gasteiger partial charge in [-0.2, -0.15) is 8.78 Å². The lowest BCUT2D eigenvalue weighted by atomic mass is 10.2. The topological polar surface area (TPSA) is 26.3 Å². The van der Waals surface area contributed by atoms with Crippen molar-refractivity contribution < 1.29 is 18.3 Å². The van der Waals surface area contributed by atoms with Crippen molar-refractivity contribution in [3.63, 3.8) is 0 Å². The lowest BCUT2D eigenvalue weighted by molar-refractivity contribution is -0.0500. The summed E-state index contributed by atoms with van der Waals surface area (Å²) < 4.78 is 27.8. The number of benzene rings is 1. The SMILES string of the molecule is O=C(Cl)c1ccc(Cl)cc1OC(F)F. The van der Waals surface area contributed by atoms with Gasteiger partial charge >= 0.3 is 6.61 Å². The molecule has 0 atom stereocenters. The molecule has 0 radical (unpaired) electrons. The van der Waals surface area contributed by atoms with Gasteiger partial charge in [-0.1, -0.05) is 11.6 Å². The molecule has 0 unspecified atom stereocenters. The Labute approximate surface area is 88.4 Å². The number of alkyl halides is 2. The molecule has 14 heavy (non-hydrogen) atoms. The van der Waals surface area contributed by atoms with Gasteiger partial charge in [0, 0.05) is 5.02 Å². The maximum Gasteiger partial charge on any atom is 0.387 e. The van der Waals surface area contributed by atoms with Crippen molar-refractivity contribution in [1.82, 2.24) is 0 Å². The van der Waals surface area contributed by atoms with Crippen LogP contribution in [0.4, 0.5) is 8.78 Å². The van der Waals surface area contributed by atoms with Gasteiger partial charge in [-0.25, -0.2) is 0 Å². The third-order valence-corrected chi connectivity index (χ3v) is 1.81. The molecule has 1 rings (SSSR count). The van der Waals surface area contributed by atoms with Crippen molar-refractivity contribution in [2.24, 2.45) is 0 Å². The first kappa shape index (κ1) is 11.2. The van der Waals surface area contributed by atoms with Crippen LogP contribution in [0.5, 0.6) is 5.75 Å². The molecule has 1 aromatic rings. The Bertz CT molecular complexity index is 355. The quantitative estimate of drug-likeness (QED) is 0.758. The molecule has 2 nitrogen and oxygen atoms in total. The highest BCUT2D eigenvalue weighted by atomic mass is 35.5. The molecule has 0 saturated carbocycles. The van der Waals surface area contributed by atoms with Crippen LogP contribution in [-0.4, -0.2) is 11.9 Å². The standard InChI is InChI=1S/C8H4Cl2F2O2/c9-4-1-2-5(7(10)13)6(3-4)14-8(11)12/h1-3,8H. The summed E-state index contributed by atoms with van der Waals surface area (Å²) in [7, 11) is 0. The van der Waals surface area contributed by atoms with E-state index in [-0.39, 0.29) is 16.3 Å². The van der Waals surface area contributed by atoms with Crippen molar-refractivity contribution in [2.75, 3.05) is 0 Å². The van der Waals surface area contributed by atoms with Crippen LogP contribution < -0.4 is 4.74 Å². The molecule has 0 aliphatic rings. The van der Waals surface area contributed by atoms with Crippen molar-refractivity contribution in [1.29, 1.82) is 0 Å². The molecule has 0 fully saturated rings. The second-order valence-electron chi connectivity index (χ2n) is 2.29. The van der Waals surface area contributed by atoms with Crippen molar-refractivity contribution >= 4 is 28.4 Å². The molecule has 0 N–H and O–H groups in total. The van der Waals surface area contributed by atoms with E-state index in [1.807, 2.05) is 0 Å². The highest BCUT2D eigenvalue weighted by Crippen LogP contribution is 2.26. The Morgan fingerprint density at radius 2 is 2.07 bits per heavy atom. The fourth-order valence-electron chi connectivity index (χ4n) is 0.852. The number of ether oxygens (including phenoxy) is 1. The Morgan fingerprint density at radius 3 is 2.57 bits per heavy atom. The van der Waals surface area contributed by atoms with Gasteiger partial charge in [-0.3, -0.25) is 4.79 Å². The van der Waals surface area contributed by atoms with Gasteiger partial charge < -0.3 is 4.74 Å². The Hall–Kier alpha value is -0.870. The molecule has 0 spiro atoms. The van der Waals surface area contributed by atoms with Gasteiger partial charge in [-0.05, 0) is 29.8 Å². The molecule has 0 aliphatic carbocycles. The first-order chi connectivity index (χ1) is 6.50. The minimum atomic E-state index is -3.02. The van der Waals surface area contributed by atoms with E-state index in [1.54, 1.807) is 0 Å². The van der Waals surface area contributed by atoms with Crippen molar-refractivity contribution in [3.8, 4) is 5.75 Å². The van der Waals surface area contributed by atoms with Crippen LogP contribution in [0.25, 0.3) is 0 Å². The van der Waals surface area contributed by atoms with Gasteiger partial charge in [0.05, 0.1) is 5.56 Å². The number of rotatable bonds is 3. The van der Waals surface area contributed by atoms with E-state index in [1.165, 1.54) is 12.1 Å². The Balaban J connectivity index is 3.09. The normalized spacial score (nSPS) is 10.4. The molecule has 0 saturated heterocycles. The summed E-state index contributed by atoms with van der Waals surface area (Å²) in [6, 6.07) is 3.67. The number of halogens is 4. The summed E-state index contributed by atoms with van der Waals surface area (Å²) >= 11 is 10.7. The predicted octanol–water partition coefficient (Wildman–Crippen LogP) is 3.32. The first-order valence-corrected chi connectivity index (χ1v) is 4.20. The van der Waals surface area contributed by atoms with E-state index in [4.69, 9.17) is 23.2 Å². The number of hydrogen-bond acceptors (Lipinski definition) is 2. The molecule has 1 aromatic carbocycles. The van der Waals surface area contributed by atoms with E-state index in [0.29, 0.717) is 0 Å².